The smallest absolute Gasteiger partial charge is 0.308 e. The van der Waals surface area contributed by atoms with Crippen molar-refractivity contribution >= 4 is 29.3 Å². The Morgan fingerprint density at radius 1 is 1.47 bits per heavy atom. The van der Waals surface area contributed by atoms with Crippen molar-refractivity contribution in [1.29, 1.82) is 0 Å². The Kier molecular flexibility index (Phi) is 6.29. The molecular weight excluding hydrogens is 262 g/mol. The van der Waals surface area contributed by atoms with Crippen LogP contribution < -0.4 is 5.32 Å². The molecule has 2 N–H and O–H groups in total. The molecule has 1 atom stereocenters. The van der Waals surface area contributed by atoms with Gasteiger partial charge in [0, 0.05) is 22.4 Å². The normalized spacial score (nSPS) is 12.5. The van der Waals surface area contributed by atoms with E-state index in [1.54, 1.807) is 17.4 Å². The highest BCUT2D eigenvalue weighted by molar-refractivity contribution is 7.12. The molecule has 0 aliphatic rings. The third kappa shape index (κ3) is 5.70. The van der Waals surface area contributed by atoms with Gasteiger partial charge in [-0.3, -0.25) is 9.59 Å². The van der Waals surface area contributed by atoms with Gasteiger partial charge in [-0.25, -0.2) is 0 Å². The fraction of sp³-hybridized carbons (Fsp3) is 0.429. The van der Waals surface area contributed by atoms with Crippen LogP contribution in [0.15, 0.2) is 18.2 Å². The van der Waals surface area contributed by atoms with Crippen molar-refractivity contribution in [2.24, 2.45) is 5.92 Å². The predicted octanol–water partition coefficient (Wildman–Crippen LogP) is 2.69. The molecule has 0 saturated heterocycles. The van der Waals surface area contributed by atoms with Crippen LogP contribution >= 0.6 is 11.3 Å². The lowest BCUT2D eigenvalue weighted by molar-refractivity contribution is -0.141. The zero-order chi connectivity index (χ0) is 14.3. The average molecular weight is 281 g/mol. The van der Waals surface area contributed by atoms with E-state index in [2.05, 4.69) is 5.32 Å². The Morgan fingerprint density at radius 2 is 2.21 bits per heavy atom. The fourth-order valence-corrected chi connectivity index (χ4v) is 2.42. The van der Waals surface area contributed by atoms with E-state index in [0.717, 1.165) is 11.3 Å². The number of hydrogen-bond acceptors (Lipinski definition) is 3. The standard InChI is InChI=1S/C14H19NO3S/c1-3-4-11(14(17)18)9-15-13(16)8-7-12-6-5-10(2)19-12/h5-8,11H,3-4,9H2,1-2H3,(H,15,16)(H,17,18). The van der Waals surface area contributed by atoms with Crippen LogP contribution in [-0.2, 0) is 9.59 Å². The third-order valence-corrected chi connectivity index (χ3v) is 3.64. The van der Waals surface area contributed by atoms with Gasteiger partial charge in [0.15, 0.2) is 0 Å². The van der Waals surface area contributed by atoms with E-state index in [4.69, 9.17) is 5.11 Å². The molecule has 1 unspecified atom stereocenters. The number of hydrogen-bond donors (Lipinski definition) is 2. The van der Waals surface area contributed by atoms with Gasteiger partial charge >= 0.3 is 5.97 Å². The summed E-state index contributed by atoms with van der Waals surface area (Å²) < 4.78 is 0. The molecule has 0 aromatic carbocycles. The van der Waals surface area contributed by atoms with Crippen molar-refractivity contribution < 1.29 is 14.7 Å². The highest BCUT2D eigenvalue weighted by Gasteiger charge is 2.16. The van der Waals surface area contributed by atoms with Gasteiger partial charge < -0.3 is 10.4 Å². The van der Waals surface area contributed by atoms with Crippen LogP contribution in [0.1, 0.15) is 29.5 Å². The molecule has 0 bridgehead atoms. The first-order valence-corrected chi connectivity index (χ1v) is 7.09. The molecule has 1 heterocycles. The first-order valence-electron chi connectivity index (χ1n) is 6.28. The van der Waals surface area contributed by atoms with Gasteiger partial charge in [0.05, 0.1) is 5.92 Å². The molecule has 0 aliphatic heterocycles. The first kappa shape index (κ1) is 15.4. The largest absolute Gasteiger partial charge is 0.481 e. The molecule has 5 heteroatoms. The molecule has 0 spiro atoms. The molecular formula is C14H19NO3S. The number of carbonyl (C=O) groups excluding carboxylic acids is 1. The molecule has 1 aromatic rings. The number of carboxylic acid groups (broad SMARTS) is 1. The SMILES string of the molecule is CCCC(CNC(=O)C=Cc1ccc(C)s1)C(=O)O. The monoisotopic (exact) mass is 281 g/mol. The topological polar surface area (TPSA) is 66.4 Å². The average Bonchev–Trinajstić information content (AvgIpc) is 2.77. The molecule has 0 fully saturated rings. The highest BCUT2D eigenvalue weighted by Crippen LogP contribution is 2.16. The molecule has 0 aliphatic carbocycles. The van der Waals surface area contributed by atoms with Crippen LogP contribution in [0.3, 0.4) is 0 Å². The Hall–Kier alpha value is -1.62. The Bertz CT molecular complexity index is 465. The molecule has 0 saturated carbocycles. The summed E-state index contributed by atoms with van der Waals surface area (Å²) in [4.78, 5) is 24.7. The molecule has 104 valence electrons. The lowest BCUT2D eigenvalue weighted by atomic mass is 10.0. The Labute approximate surface area is 117 Å². The van der Waals surface area contributed by atoms with Gasteiger partial charge in [0.25, 0.3) is 0 Å². The minimum Gasteiger partial charge on any atom is -0.481 e. The predicted molar refractivity (Wildman–Crippen MR) is 77.1 cm³/mol. The van der Waals surface area contributed by atoms with Crippen LogP contribution in [0.4, 0.5) is 0 Å². The van der Waals surface area contributed by atoms with E-state index in [1.165, 1.54) is 11.0 Å². The number of nitrogens with one attached hydrogen (secondary N) is 1. The minimum atomic E-state index is -0.861. The van der Waals surface area contributed by atoms with Crippen molar-refractivity contribution in [2.45, 2.75) is 26.7 Å². The second-order valence-electron chi connectivity index (χ2n) is 4.35. The van der Waals surface area contributed by atoms with Gasteiger partial charge in [-0.05, 0) is 31.6 Å². The summed E-state index contributed by atoms with van der Waals surface area (Å²) in [6.07, 6.45) is 4.54. The summed E-state index contributed by atoms with van der Waals surface area (Å²) in [5.41, 5.74) is 0. The molecule has 0 radical (unpaired) electrons. The maximum absolute atomic E-state index is 11.6. The second-order valence-corrected chi connectivity index (χ2v) is 5.67. The summed E-state index contributed by atoms with van der Waals surface area (Å²) in [5.74, 6) is -1.63. The summed E-state index contributed by atoms with van der Waals surface area (Å²) in [7, 11) is 0. The maximum Gasteiger partial charge on any atom is 0.308 e. The quantitative estimate of drug-likeness (QED) is 0.755. The van der Waals surface area contributed by atoms with Crippen molar-refractivity contribution in [3.63, 3.8) is 0 Å². The highest BCUT2D eigenvalue weighted by atomic mass is 32.1. The van der Waals surface area contributed by atoms with Crippen LogP contribution in [0.25, 0.3) is 6.08 Å². The van der Waals surface area contributed by atoms with Gasteiger partial charge in [-0.2, -0.15) is 0 Å². The van der Waals surface area contributed by atoms with E-state index in [0.29, 0.717) is 6.42 Å². The minimum absolute atomic E-state index is 0.176. The van der Waals surface area contributed by atoms with E-state index < -0.39 is 11.9 Å². The summed E-state index contributed by atoms with van der Waals surface area (Å²) >= 11 is 1.61. The van der Waals surface area contributed by atoms with E-state index >= 15 is 0 Å². The van der Waals surface area contributed by atoms with Crippen LogP contribution in [0.2, 0.25) is 0 Å². The van der Waals surface area contributed by atoms with E-state index in [-0.39, 0.29) is 12.5 Å². The number of carbonyl (C=O) groups is 2. The molecule has 1 rings (SSSR count). The van der Waals surface area contributed by atoms with Crippen LogP contribution in [-0.4, -0.2) is 23.5 Å². The van der Waals surface area contributed by atoms with Crippen molar-refractivity contribution in [1.82, 2.24) is 5.32 Å². The Morgan fingerprint density at radius 3 is 2.74 bits per heavy atom. The lowest BCUT2D eigenvalue weighted by Gasteiger charge is -2.10. The van der Waals surface area contributed by atoms with Crippen molar-refractivity contribution in [3.05, 3.63) is 28.0 Å². The van der Waals surface area contributed by atoms with E-state index in [9.17, 15) is 9.59 Å². The first-order chi connectivity index (χ1) is 9.02. The fourth-order valence-electron chi connectivity index (χ4n) is 1.64. The second kappa shape index (κ2) is 7.74. The molecule has 1 amide bonds. The lowest BCUT2D eigenvalue weighted by Crippen LogP contribution is -2.31. The summed E-state index contributed by atoms with van der Waals surface area (Å²) in [6, 6.07) is 3.94. The maximum atomic E-state index is 11.6. The molecule has 4 nitrogen and oxygen atoms in total. The van der Waals surface area contributed by atoms with Crippen LogP contribution in [0, 0.1) is 12.8 Å². The van der Waals surface area contributed by atoms with Gasteiger partial charge in [0.1, 0.15) is 0 Å². The van der Waals surface area contributed by atoms with Crippen molar-refractivity contribution in [3.8, 4) is 0 Å². The number of amides is 1. The number of aryl methyl sites for hydroxylation is 1. The zero-order valence-corrected chi connectivity index (χ0v) is 12.0. The number of thiophene rings is 1. The third-order valence-electron chi connectivity index (χ3n) is 2.67. The number of rotatable bonds is 7. The zero-order valence-electron chi connectivity index (χ0n) is 11.2. The summed E-state index contributed by atoms with van der Waals surface area (Å²) in [5, 5.41) is 11.6. The van der Waals surface area contributed by atoms with Gasteiger partial charge in [-0.15, -0.1) is 11.3 Å². The number of aliphatic carboxylic acids is 1. The molecule has 1 aromatic heterocycles. The summed E-state index contributed by atoms with van der Waals surface area (Å²) in [6.45, 7) is 4.11. The van der Waals surface area contributed by atoms with Crippen molar-refractivity contribution in [2.75, 3.05) is 6.54 Å². The molecule has 19 heavy (non-hydrogen) atoms. The van der Waals surface area contributed by atoms with Gasteiger partial charge in [0.2, 0.25) is 5.91 Å². The number of carboxylic acids is 1. The Balaban J connectivity index is 2.42. The van der Waals surface area contributed by atoms with Gasteiger partial charge in [-0.1, -0.05) is 13.3 Å². The van der Waals surface area contributed by atoms with Crippen LogP contribution in [0.5, 0.6) is 0 Å². The van der Waals surface area contributed by atoms with E-state index in [1.807, 2.05) is 26.0 Å².